The van der Waals surface area contributed by atoms with Crippen molar-refractivity contribution >= 4 is 17.6 Å². The minimum Gasteiger partial charge on any atom is -0.478 e. The Morgan fingerprint density at radius 3 is 2.60 bits per heavy atom. The Labute approximate surface area is 150 Å². The van der Waals surface area contributed by atoms with Crippen molar-refractivity contribution < 1.29 is 9.90 Å². The molecule has 1 heterocycles. The SMILES string of the molecule is Cc1ccc(-c2cc(C(=O)O)cc(-n3nnnc3C(C)C)c2)c(Cl)c1. The van der Waals surface area contributed by atoms with Crippen LogP contribution in [0.4, 0.5) is 0 Å². The Morgan fingerprint density at radius 1 is 1.20 bits per heavy atom. The lowest BCUT2D eigenvalue weighted by Crippen LogP contribution is -2.07. The summed E-state index contributed by atoms with van der Waals surface area (Å²) in [5, 5.41) is 21.8. The molecule has 7 heteroatoms. The second-order valence-electron chi connectivity index (χ2n) is 6.16. The first-order valence-corrected chi connectivity index (χ1v) is 8.18. The molecule has 0 aliphatic heterocycles. The van der Waals surface area contributed by atoms with Crippen molar-refractivity contribution in [2.75, 3.05) is 0 Å². The summed E-state index contributed by atoms with van der Waals surface area (Å²) in [6.45, 7) is 5.90. The number of hydrogen-bond acceptors (Lipinski definition) is 4. The summed E-state index contributed by atoms with van der Waals surface area (Å²) in [4.78, 5) is 11.6. The third-order valence-corrected chi connectivity index (χ3v) is 4.17. The van der Waals surface area contributed by atoms with E-state index in [0.29, 0.717) is 22.1 Å². The first kappa shape index (κ1) is 17.1. The molecule has 0 fully saturated rings. The smallest absolute Gasteiger partial charge is 0.335 e. The van der Waals surface area contributed by atoms with Crippen LogP contribution in [0, 0.1) is 6.92 Å². The molecule has 0 spiro atoms. The van der Waals surface area contributed by atoms with Gasteiger partial charge in [0.2, 0.25) is 0 Å². The zero-order valence-corrected chi connectivity index (χ0v) is 14.8. The van der Waals surface area contributed by atoms with Crippen LogP contribution in [0.15, 0.2) is 36.4 Å². The number of rotatable bonds is 4. The number of halogens is 1. The quantitative estimate of drug-likeness (QED) is 0.760. The normalized spacial score (nSPS) is 11.1. The van der Waals surface area contributed by atoms with Crippen LogP contribution < -0.4 is 0 Å². The first-order valence-electron chi connectivity index (χ1n) is 7.80. The summed E-state index contributed by atoms with van der Waals surface area (Å²) in [5.74, 6) is -0.274. The van der Waals surface area contributed by atoms with E-state index in [9.17, 15) is 9.90 Å². The molecule has 0 aliphatic rings. The lowest BCUT2D eigenvalue weighted by Gasteiger charge is -2.12. The van der Waals surface area contributed by atoms with Crippen LogP contribution in [-0.4, -0.2) is 31.3 Å². The van der Waals surface area contributed by atoms with Gasteiger partial charge in [0, 0.05) is 16.5 Å². The predicted octanol–water partition coefficient (Wildman–Crippen LogP) is 4.11. The van der Waals surface area contributed by atoms with Crippen LogP contribution in [0.3, 0.4) is 0 Å². The van der Waals surface area contributed by atoms with E-state index >= 15 is 0 Å². The van der Waals surface area contributed by atoms with Gasteiger partial charge in [0.1, 0.15) is 0 Å². The summed E-state index contributed by atoms with van der Waals surface area (Å²) in [5.41, 5.74) is 3.22. The minimum atomic E-state index is -1.02. The van der Waals surface area contributed by atoms with Gasteiger partial charge in [0.05, 0.1) is 11.3 Å². The van der Waals surface area contributed by atoms with Crippen LogP contribution in [-0.2, 0) is 0 Å². The van der Waals surface area contributed by atoms with E-state index in [1.807, 2.05) is 45.0 Å². The third-order valence-electron chi connectivity index (χ3n) is 3.85. The van der Waals surface area contributed by atoms with Gasteiger partial charge in [-0.25, -0.2) is 4.79 Å². The highest BCUT2D eigenvalue weighted by Crippen LogP contribution is 2.31. The number of hydrogen-bond donors (Lipinski definition) is 1. The zero-order chi connectivity index (χ0) is 18.1. The Hall–Kier alpha value is -2.73. The largest absolute Gasteiger partial charge is 0.478 e. The molecule has 0 radical (unpaired) electrons. The maximum atomic E-state index is 11.6. The fourth-order valence-electron chi connectivity index (χ4n) is 2.60. The van der Waals surface area contributed by atoms with Gasteiger partial charge in [-0.1, -0.05) is 37.6 Å². The van der Waals surface area contributed by atoms with Crippen molar-refractivity contribution in [2.24, 2.45) is 0 Å². The van der Waals surface area contributed by atoms with Crippen molar-refractivity contribution in [3.63, 3.8) is 0 Å². The fourth-order valence-corrected chi connectivity index (χ4v) is 2.95. The highest BCUT2D eigenvalue weighted by atomic mass is 35.5. The number of aromatic carboxylic acids is 1. The summed E-state index contributed by atoms with van der Waals surface area (Å²) in [6.07, 6.45) is 0. The number of carboxylic acids is 1. The van der Waals surface area contributed by atoms with Crippen LogP contribution >= 0.6 is 11.6 Å². The molecule has 0 bridgehead atoms. The molecular weight excluding hydrogens is 340 g/mol. The second-order valence-corrected chi connectivity index (χ2v) is 6.57. The molecule has 0 atom stereocenters. The molecule has 3 aromatic rings. The first-order chi connectivity index (χ1) is 11.9. The molecule has 25 heavy (non-hydrogen) atoms. The predicted molar refractivity (Wildman–Crippen MR) is 95.4 cm³/mol. The molecule has 2 aromatic carbocycles. The van der Waals surface area contributed by atoms with Crippen molar-refractivity contribution in [1.82, 2.24) is 20.2 Å². The molecule has 3 rings (SSSR count). The van der Waals surface area contributed by atoms with Gasteiger partial charge in [-0.3, -0.25) is 0 Å². The van der Waals surface area contributed by atoms with Crippen molar-refractivity contribution in [1.29, 1.82) is 0 Å². The van der Waals surface area contributed by atoms with E-state index in [1.165, 1.54) is 0 Å². The molecular formula is C18H17ClN4O2. The van der Waals surface area contributed by atoms with E-state index in [2.05, 4.69) is 15.5 Å². The van der Waals surface area contributed by atoms with Crippen LogP contribution in [0.1, 0.15) is 41.5 Å². The molecule has 1 N–H and O–H groups in total. The van der Waals surface area contributed by atoms with E-state index in [1.54, 1.807) is 16.8 Å². The number of aryl methyl sites for hydroxylation is 1. The number of nitrogens with zero attached hydrogens (tertiary/aromatic N) is 4. The lowest BCUT2D eigenvalue weighted by atomic mass is 10.0. The molecule has 0 saturated carbocycles. The lowest BCUT2D eigenvalue weighted by molar-refractivity contribution is 0.0697. The molecule has 0 unspecified atom stereocenters. The molecule has 0 amide bonds. The van der Waals surface area contributed by atoms with Gasteiger partial charge in [-0.2, -0.15) is 4.68 Å². The maximum Gasteiger partial charge on any atom is 0.335 e. The number of aromatic nitrogens is 4. The van der Waals surface area contributed by atoms with Gasteiger partial charge in [-0.05, 0) is 52.7 Å². The minimum absolute atomic E-state index is 0.0925. The summed E-state index contributed by atoms with van der Waals surface area (Å²) < 4.78 is 1.56. The van der Waals surface area contributed by atoms with Gasteiger partial charge in [-0.15, -0.1) is 5.10 Å². The highest BCUT2D eigenvalue weighted by Gasteiger charge is 2.16. The third kappa shape index (κ3) is 3.39. The number of tetrazole rings is 1. The highest BCUT2D eigenvalue weighted by molar-refractivity contribution is 6.33. The average Bonchev–Trinajstić information content (AvgIpc) is 3.04. The van der Waals surface area contributed by atoms with Gasteiger partial charge >= 0.3 is 5.97 Å². The molecule has 0 saturated heterocycles. The Balaban J connectivity index is 2.22. The van der Waals surface area contributed by atoms with Gasteiger partial charge < -0.3 is 5.11 Å². The van der Waals surface area contributed by atoms with Crippen LogP contribution in [0.5, 0.6) is 0 Å². The summed E-state index contributed by atoms with van der Waals surface area (Å²) in [7, 11) is 0. The monoisotopic (exact) mass is 356 g/mol. The fraction of sp³-hybridized carbons (Fsp3) is 0.222. The van der Waals surface area contributed by atoms with Crippen LogP contribution in [0.2, 0.25) is 5.02 Å². The number of carboxylic acid groups (broad SMARTS) is 1. The number of benzene rings is 2. The molecule has 6 nitrogen and oxygen atoms in total. The Bertz CT molecular complexity index is 950. The molecule has 0 aliphatic carbocycles. The topological polar surface area (TPSA) is 80.9 Å². The van der Waals surface area contributed by atoms with Crippen LogP contribution in [0.25, 0.3) is 16.8 Å². The Kier molecular flexibility index (Phi) is 4.55. The van der Waals surface area contributed by atoms with E-state index in [4.69, 9.17) is 11.6 Å². The van der Waals surface area contributed by atoms with Gasteiger partial charge in [0.25, 0.3) is 0 Å². The standard InChI is InChI=1S/C18H17ClN4O2/c1-10(2)17-20-21-22-23(17)14-8-12(7-13(9-14)18(24)25)15-5-4-11(3)6-16(15)19/h4-10H,1-3H3,(H,24,25). The molecule has 1 aromatic heterocycles. The zero-order valence-electron chi connectivity index (χ0n) is 14.1. The second kappa shape index (κ2) is 6.64. The van der Waals surface area contributed by atoms with E-state index < -0.39 is 5.97 Å². The van der Waals surface area contributed by atoms with Crippen molar-refractivity contribution in [3.8, 4) is 16.8 Å². The van der Waals surface area contributed by atoms with Crippen molar-refractivity contribution in [3.05, 3.63) is 58.4 Å². The summed E-state index contributed by atoms with van der Waals surface area (Å²) in [6, 6.07) is 10.7. The van der Waals surface area contributed by atoms with E-state index in [-0.39, 0.29) is 11.5 Å². The maximum absolute atomic E-state index is 11.6. The van der Waals surface area contributed by atoms with Crippen molar-refractivity contribution in [2.45, 2.75) is 26.7 Å². The summed E-state index contributed by atoms with van der Waals surface area (Å²) >= 11 is 6.36. The average molecular weight is 357 g/mol. The number of carbonyl (C=O) groups is 1. The van der Waals surface area contributed by atoms with Gasteiger partial charge in [0.15, 0.2) is 5.82 Å². The Morgan fingerprint density at radius 2 is 1.96 bits per heavy atom. The molecule has 128 valence electrons. The van der Waals surface area contributed by atoms with E-state index in [0.717, 1.165) is 11.1 Å².